The molecule has 3 rings (SSSR count). The van der Waals surface area contributed by atoms with Gasteiger partial charge in [-0.2, -0.15) is 0 Å². The molecule has 2 aromatic carbocycles. The molecule has 11 nitrogen and oxygen atoms in total. The minimum absolute atomic E-state index is 0.147. The molecule has 3 N–H and O–H groups in total. The van der Waals surface area contributed by atoms with Crippen LogP contribution in [0.2, 0.25) is 0 Å². The molecule has 0 aromatic heterocycles. The molecule has 0 saturated carbocycles. The van der Waals surface area contributed by atoms with E-state index in [-0.39, 0.29) is 4.90 Å². The number of halogens is 1. The maximum atomic E-state index is 12.6. The highest BCUT2D eigenvalue weighted by Gasteiger charge is 2.20. The summed E-state index contributed by atoms with van der Waals surface area (Å²) in [5, 5.41) is 14.8. The van der Waals surface area contributed by atoms with Gasteiger partial charge in [-0.25, -0.2) is 22.7 Å². The molecule has 0 spiro atoms. The van der Waals surface area contributed by atoms with Crippen molar-refractivity contribution in [3.63, 3.8) is 0 Å². The fraction of sp³-hybridized carbons (Fsp3) is 0.440. The van der Waals surface area contributed by atoms with E-state index in [0.717, 1.165) is 56.8 Å². The molecule has 0 unspecified atom stereocenters. The van der Waals surface area contributed by atoms with Crippen LogP contribution in [0.25, 0.3) is 0 Å². The topological polar surface area (TPSA) is 152 Å². The van der Waals surface area contributed by atoms with Crippen molar-refractivity contribution in [3.8, 4) is 17.2 Å². The van der Waals surface area contributed by atoms with Crippen molar-refractivity contribution in [3.05, 3.63) is 45.9 Å². The summed E-state index contributed by atoms with van der Waals surface area (Å²) in [7, 11) is 1.17. The van der Waals surface area contributed by atoms with Crippen LogP contribution in [0.15, 0.2) is 39.7 Å². The highest BCUT2D eigenvalue weighted by atomic mass is 79.9. The SMILES string of the molecule is COc1cc2c(cc1OC)CN(CCCCCNS(=O)(=O)c1cc(Br)ccc1OC)CC2.O=C(O)C(=O)O. The van der Waals surface area contributed by atoms with Gasteiger partial charge < -0.3 is 24.4 Å². The zero-order valence-corrected chi connectivity index (χ0v) is 23.9. The van der Waals surface area contributed by atoms with Gasteiger partial charge in [0.2, 0.25) is 10.0 Å². The Morgan fingerprint density at radius 3 is 2.11 bits per heavy atom. The highest BCUT2D eigenvalue weighted by molar-refractivity contribution is 9.10. The van der Waals surface area contributed by atoms with E-state index in [0.29, 0.717) is 16.8 Å². The standard InChI is InChI=1S/C23H31BrN2O5S.C2H2O4/c1-29-20-8-7-19(24)15-23(20)32(27,28)25-10-5-4-6-11-26-12-9-17-13-21(30-2)22(31-3)14-18(17)16-26;3-1(4)2(5)6/h7-8,13-15,25H,4-6,9-12,16H2,1-3H3;(H,3,4)(H,5,6). The van der Waals surface area contributed by atoms with Crippen LogP contribution >= 0.6 is 15.9 Å². The Morgan fingerprint density at radius 1 is 0.921 bits per heavy atom. The first-order chi connectivity index (χ1) is 18.0. The summed E-state index contributed by atoms with van der Waals surface area (Å²) in [4.78, 5) is 20.8. The van der Waals surface area contributed by atoms with Crippen molar-refractivity contribution in [1.29, 1.82) is 0 Å². The Kier molecular flexibility index (Phi) is 12.3. The highest BCUT2D eigenvalue weighted by Crippen LogP contribution is 2.33. The number of hydrogen-bond acceptors (Lipinski definition) is 8. The Bertz CT molecular complexity index is 1210. The van der Waals surface area contributed by atoms with Crippen LogP contribution in [-0.2, 0) is 32.6 Å². The van der Waals surface area contributed by atoms with E-state index < -0.39 is 22.0 Å². The lowest BCUT2D eigenvalue weighted by atomic mass is 9.98. The molecule has 38 heavy (non-hydrogen) atoms. The average Bonchev–Trinajstić information content (AvgIpc) is 2.89. The van der Waals surface area contributed by atoms with Crippen molar-refractivity contribution in [2.45, 2.75) is 37.1 Å². The summed E-state index contributed by atoms with van der Waals surface area (Å²) in [6.45, 7) is 3.29. The summed E-state index contributed by atoms with van der Waals surface area (Å²) in [5.41, 5.74) is 2.60. The number of aliphatic carboxylic acids is 2. The van der Waals surface area contributed by atoms with Gasteiger partial charge >= 0.3 is 11.9 Å². The van der Waals surface area contributed by atoms with Gasteiger partial charge in [-0.05, 0) is 67.3 Å². The smallest absolute Gasteiger partial charge is 0.414 e. The van der Waals surface area contributed by atoms with Gasteiger partial charge in [-0.15, -0.1) is 0 Å². The fourth-order valence-electron chi connectivity index (χ4n) is 3.91. The first-order valence-electron chi connectivity index (χ1n) is 11.8. The number of ether oxygens (including phenoxy) is 3. The first kappa shape index (κ1) is 31.3. The lowest BCUT2D eigenvalue weighted by Crippen LogP contribution is -2.31. The summed E-state index contributed by atoms with van der Waals surface area (Å²) in [6.07, 6.45) is 3.74. The number of methoxy groups -OCH3 is 3. The fourth-order valence-corrected chi connectivity index (χ4v) is 5.69. The molecule has 13 heteroatoms. The molecule has 1 aliphatic rings. The van der Waals surface area contributed by atoms with Crippen LogP contribution in [-0.4, -0.2) is 76.4 Å². The van der Waals surface area contributed by atoms with E-state index in [9.17, 15) is 8.42 Å². The maximum absolute atomic E-state index is 12.6. The third-order valence-corrected chi connectivity index (χ3v) is 7.81. The molecule has 210 valence electrons. The number of sulfonamides is 1. The lowest BCUT2D eigenvalue weighted by Gasteiger charge is -2.29. The molecule has 0 atom stereocenters. The number of rotatable bonds is 11. The number of nitrogens with one attached hydrogen (secondary N) is 1. The summed E-state index contributed by atoms with van der Waals surface area (Å²) >= 11 is 3.32. The van der Waals surface area contributed by atoms with Crippen LogP contribution in [0, 0.1) is 0 Å². The second-order valence-corrected chi connectivity index (χ2v) is 11.0. The molecule has 2 aromatic rings. The minimum Gasteiger partial charge on any atom is -0.495 e. The monoisotopic (exact) mass is 616 g/mol. The average molecular weight is 618 g/mol. The van der Waals surface area contributed by atoms with Crippen molar-refractivity contribution in [2.75, 3.05) is 41.0 Å². The predicted molar refractivity (Wildman–Crippen MR) is 144 cm³/mol. The van der Waals surface area contributed by atoms with Crippen LogP contribution in [0.5, 0.6) is 17.2 Å². The molecule has 0 amide bonds. The Hall–Kier alpha value is -2.87. The second kappa shape index (κ2) is 14.9. The summed E-state index contributed by atoms with van der Waals surface area (Å²) in [6, 6.07) is 9.10. The normalized spacial score (nSPS) is 13.1. The van der Waals surface area contributed by atoms with Gasteiger partial charge in [0.15, 0.2) is 11.5 Å². The number of carbonyl (C=O) groups is 2. The second-order valence-electron chi connectivity index (χ2n) is 8.37. The van der Waals surface area contributed by atoms with E-state index in [1.807, 2.05) is 0 Å². The van der Waals surface area contributed by atoms with Crippen LogP contribution < -0.4 is 18.9 Å². The van der Waals surface area contributed by atoms with Crippen LogP contribution in [0.3, 0.4) is 0 Å². The number of benzene rings is 2. The molecule has 0 saturated heterocycles. The van der Waals surface area contributed by atoms with E-state index in [1.54, 1.807) is 32.4 Å². The number of carboxylic acids is 2. The number of unbranched alkanes of at least 4 members (excludes halogenated alkanes) is 2. The molecule has 0 aliphatic carbocycles. The molecule has 0 bridgehead atoms. The number of nitrogens with zero attached hydrogens (tertiary/aromatic N) is 1. The van der Waals surface area contributed by atoms with Gasteiger partial charge in [0.05, 0.1) is 21.3 Å². The largest absolute Gasteiger partial charge is 0.495 e. The van der Waals surface area contributed by atoms with Crippen molar-refractivity contribution in [2.24, 2.45) is 0 Å². The van der Waals surface area contributed by atoms with Gasteiger partial charge in [-0.1, -0.05) is 22.4 Å². The Labute approximate surface area is 230 Å². The van der Waals surface area contributed by atoms with E-state index in [1.165, 1.54) is 18.2 Å². The molecule has 1 aliphatic heterocycles. The summed E-state index contributed by atoms with van der Waals surface area (Å²) < 4.78 is 44.6. The van der Waals surface area contributed by atoms with Gasteiger partial charge in [0.25, 0.3) is 0 Å². The molecular weight excluding hydrogens is 584 g/mol. The minimum atomic E-state index is -3.62. The van der Waals surface area contributed by atoms with Gasteiger partial charge in [0, 0.05) is 24.1 Å². The molecule has 1 heterocycles. The van der Waals surface area contributed by atoms with Crippen molar-refractivity contribution >= 4 is 37.9 Å². The summed E-state index contributed by atoms with van der Waals surface area (Å²) in [5.74, 6) is -1.77. The third kappa shape index (κ3) is 9.15. The molecular formula is C25H33BrN2O9S. The Balaban J connectivity index is 0.000000757. The Morgan fingerprint density at radius 2 is 1.53 bits per heavy atom. The number of hydrogen-bond donors (Lipinski definition) is 3. The van der Waals surface area contributed by atoms with Crippen LogP contribution in [0.1, 0.15) is 30.4 Å². The lowest BCUT2D eigenvalue weighted by molar-refractivity contribution is -0.159. The van der Waals surface area contributed by atoms with Crippen molar-refractivity contribution in [1.82, 2.24) is 9.62 Å². The van der Waals surface area contributed by atoms with E-state index in [2.05, 4.69) is 37.7 Å². The molecule has 0 radical (unpaired) electrons. The third-order valence-electron chi connectivity index (χ3n) is 5.84. The molecule has 0 fully saturated rings. The van der Waals surface area contributed by atoms with E-state index >= 15 is 0 Å². The zero-order valence-electron chi connectivity index (χ0n) is 21.5. The quantitative estimate of drug-likeness (QED) is 0.253. The number of carboxylic acid groups (broad SMARTS) is 2. The van der Waals surface area contributed by atoms with Gasteiger partial charge in [0.1, 0.15) is 10.6 Å². The first-order valence-corrected chi connectivity index (χ1v) is 14.1. The number of fused-ring (bicyclic) bond motifs is 1. The van der Waals surface area contributed by atoms with Crippen molar-refractivity contribution < 1.29 is 42.4 Å². The van der Waals surface area contributed by atoms with Gasteiger partial charge in [-0.3, -0.25) is 4.90 Å². The van der Waals surface area contributed by atoms with E-state index in [4.69, 9.17) is 34.0 Å². The predicted octanol–water partition coefficient (Wildman–Crippen LogP) is 3.14. The zero-order chi connectivity index (χ0) is 28.3. The maximum Gasteiger partial charge on any atom is 0.414 e. The van der Waals surface area contributed by atoms with Crippen LogP contribution in [0.4, 0.5) is 0 Å².